The smallest absolute Gasteiger partial charge is 0.330 e. The van der Waals surface area contributed by atoms with Crippen molar-refractivity contribution < 1.29 is 14.9 Å². The summed E-state index contributed by atoms with van der Waals surface area (Å²) in [7, 11) is 0. The normalized spacial score (nSPS) is 31.1. The summed E-state index contributed by atoms with van der Waals surface area (Å²) in [4.78, 5) is 25.1. The van der Waals surface area contributed by atoms with Crippen LogP contribution in [0, 0.1) is 0 Å². The van der Waals surface area contributed by atoms with Gasteiger partial charge in [-0.15, -0.1) is 0 Å². The van der Waals surface area contributed by atoms with Crippen molar-refractivity contribution in [3.8, 4) is 0 Å². The largest absolute Gasteiger partial charge is 0.394 e. The predicted molar refractivity (Wildman–Crippen MR) is 66.7 cm³/mol. The molecule has 1 aliphatic rings. The van der Waals surface area contributed by atoms with Gasteiger partial charge in [0, 0.05) is 18.7 Å². The van der Waals surface area contributed by atoms with E-state index in [1.54, 1.807) is 19.1 Å². The van der Waals surface area contributed by atoms with Gasteiger partial charge in [-0.05, 0) is 13.0 Å². The molecule has 3 N–H and O–H groups in total. The molecule has 1 saturated heterocycles. The number of aromatic nitrogens is 2. The summed E-state index contributed by atoms with van der Waals surface area (Å²) >= 11 is 0. The summed E-state index contributed by atoms with van der Waals surface area (Å²) in [5.41, 5.74) is -2.33. The van der Waals surface area contributed by atoms with E-state index in [1.807, 2.05) is 0 Å². The minimum absolute atomic E-state index is 0.120. The lowest BCUT2D eigenvalue weighted by molar-refractivity contribution is -0.0894. The Bertz CT molecular complexity index is 590. The van der Waals surface area contributed by atoms with E-state index < -0.39 is 29.2 Å². The molecule has 1 aliphatic heterocycles. The molecule has 0 amide bonds. The van der Waals surface area contributed by atoms with Gasteiger partial charge in [-0.1, -0.05) is 6.08 Å². The van der Waals surface area contributed by atoms with E-state index in [9.17, 15) is 14.7 Å². The summed E-state index contributed by atoms with van der Waals surface area (Å²) in [5, 5.41) is 19.0. The molecule has 7 nitrogen and oxygen atoms in total. The summed E-state index contributed by atoms with van der Waals surface area (Å²) in [6, 6.07) is 1.20. The van der Waals surface area contributed by atoms with Crippen LogP contribution in [0.3, 0.4) is 0 Å². The first-order chi connectivity index (χ1) is 9.02. The number of hydrogen-bond acceptors (Lipinski definition) is 5. The van der Waals surface area contributed by atoms with Gasteiger partial charge in [-0.2, -0.15) is 0 Å². The summed E-state index contributed by atoms with van der Waals surface area (Å²) in [5.74, 6) is 0. The third-order valence-corrected chi connectivity index (χ3v) is 3.12. The maximum absolute atomic E-state index is 11.9. The Kier molecular flexibility index (Phi) is 3.70. The second-order valence-corrected chi connectivity index (χ2v) is 4.44. The number of aliphatic hydroxyl groups is 2. The van der Waals surface area contributed by atoms with Crippen LogP contribution in [-0.4, -0.2) is 38.6 Å². The lowest BCUT2D eigenvalue weighted by Crippen LogP contribution is -2.43. The molecule has 19 heavy (non-hydrogen) atoms. The van der Waals surface area contributed by atoms with Crippen molar-refractivity contribution in [2.24, 2.45) is 0 Å². The van der Waals surface area contributed by atoms with Crippen LogP contribution >= 0.6 is 0 Å². The van der Waals surface area contributed by atoms with Gasteiger partial charge in [-0.3, -0.25) is 14.3 Å². The zero-order valence-corrected chi connectivity index (χ0v) is 10.4. The van der Waals surface area contributed by atoms with Crippen molar-refractivity contribution in [1.82, 2.24) is 9.55 Å². The monoisotopic (exact) mass is 268 g/mol. The van der Waals surface area contributed by atoms with E-state index in [2.05, 4.69) is 4.98 Å². The van der Waals surface area contributed by atoms with E-state index in [4.69, 9.17) is 9.84 Å². The number of rotatable bonds is 3. The number of allylic oxidation sites excluding steroid dienone is 1. The molecule has 0 saturated carbocycles. The fourth-order valence-corrected chi connectivity index (χ4v) is 2.30. The van der Waals surface area contributed by atoms with Gasteiger partial charge >= 0.3 is 5.69 Å². The third kappa shape index (κ3) is 2.40. The molecule has 2 rings (SSSR count). The Morgan fingerprint density at radius 2 is 2.37 bits per heavy atom. The molecule has 0 aliphatic carbocycles. The minimum Gasteiger partial charge on any atom is -0.394 e. The standard InChI is InChI=1S/C12H16N2O5/c1-2-4-12(6-8(16)9(7-15)19-12)14-5-3-10(17)13-11(14)18/h2-5,8-9,15-16H,6-7H2,1H3,(H,13,17,18)/t8-,9+,12+/m0/s1. The van der Waals surface area contributed by atoms with E-state index in [1.165, 1.54) is 16.8 Å². The van der Waals surface area contributed by atoms with Gasteiger partial charge in [0.15, 0.2) is 5.72 Å². The van der Waals surface area contributed by atoms with Crippen LogP contribution in [0.5, 0.6) is 0 Å². The first kappa shape index (κ1) is 13.7. The molecule has 1 aromatic heterocycles. The number of nitrogens with one attached hydrogen (secondary N) is 1. The Morgan fingerprint density at radius 1 is 1.63 bits per heavy atom. The lowest BCUT2D eigenvalue weighted by Gasteiger charge is -2.27. The van der Waals surface area contributed by atoms with Crippen LogP contribution in [0.15, 0.2) is 34.0 Å². The molecule has 0 radical (unpaired) electrons. The molecule has 2 heterocycles. The van der Waals surface area contributed by atoms with Crippen molar-refractivity contribution in [2.75, 3.05) is 6.61 Å². The third-order valence-electron chi connectivity index (χ3n) is 3.12. The topological polar surface area (TPSA) is 105 Å². The van der Waals surface area contributed by atoms with E-state index in [0.29, 0.717) is 0 Å². The van der Waals surface area contributed by atoms with Gasteiger partial charge in [0.25, 0.3) is 5.56 Å². The van der Waals surface area contributed by atoms with Gasteiger partial charge in [0.05, 0.1) is 12.7 Å². The van der Waals surface area contributed by atoms with Gasteiger partial charge in [0.2, 0.25) is 0 Å². The van der Waals surface area contributed by atoms with E-state index >= 15 is 0 Å². The molecule has 0 bridgehead atoms. The predicted octanol–water partition coefficient (Wildman–Crippen LogP) is -1.09. The maximum atomic E-state index is 11.9. The van der Waals surface area contributed by atoms with Crippen LogP contribution in [0.4, 0.5) is 0 Å². The zero-order chi connectivity index (χ0) is 14.0. The second-order valence-electron chi connectivity index (χ2n) is 4.44. The number of aliphatic hydroxyl groups excluding tert-OH is 2. The van der Waals surface area contributed by atoms with Crippen LogP contribution in [0.1, 0.15) is 13.3 Å². The Hall–Kier alpha value is -1.70. The number of aromatic amines is 1. The fraction of sp³-hybridized carbons (Fsp3) is 0.500. The van der Waals surface area contributed by atoms with Crippen LogP contribution in [0.25, 0.3) is 0 Å². The fourth-order valence-electron chi connectivity index (χ4n) is 2.30. The SMILES string of the molecule is CC=C[C@]1(n2ccc(=O)[nH]c2=O)C[C@H](O)[C@@H](CO)O1. The van der Waals surface area contributed by atoms with Crippen molar-refractivity contribution in [1.29, 1.82) is 0 Å². The van der Waals surface area contributed by atoms with Crippen molar-refractivity contribution in [3.05, 3.63) is 45.3 Å². The molecule has 7 heteroatoms. The van der Waals surface area contributed by atoms with Gasteiger partial charge in [0.1, 0.15) is 6.10 Å². The van der Waals surface area contributed by atoms with Crippen LogP contribution in [-0.2, 0) is 10.5 Å². The highest BCUT2D eigenvalue weighted by molar-refractivity contribution is 5.06. The van der Waals surface area contributed by atoms with Crippen molar-refractivity contribution >= 4 is 0 Å². The summed E-state index contributed by atoms with van der Waals surface area (Å²) in [6.07, 6.45) is 3.08. The number of H-pyrrole nitrogens is 1. The van der Waals surface area contributed by atoms with Crippen LogP contribution < -0.4 is 11.2 Å². The number of nitrogens with zero attached hydrogens (tertiary/aromatic N) is 1. The highest BCUT2D eigenvalue weighted by Crippen LogP contribution is 2.35. The maximum Gasteiger partial charge on any atom is 0.330 e. The quantitative estimate of drug-likeness (QED) is 0.604. The zero-order valence-electron chi connectivity index (χ0n) is 10.4. The van der Waals surface area contributed by atoms with Crippen molar-refractivity contribution in [3.63, 3.8) is 0 Å². The average Bonchev–Trinajstić information content (AvgIpc) is 2.66. The summed E-state index contributed by atoms with van der Waals surface area (Å²) in [6.45, 7) is 1.40. The average molecular weight is 268 g/mol. The first-order valence-electron chi connectivity index (χ1n) is 5.95. The molecule has 0 unspecified atom stereocenters. The molecular formula is C12H16N2O5. The highest BCUT2D eigenvalue weighted by Gasteiger charge is 2.45. The van der Waals surface area contributed by atoms with Gasteiger partial charge < -0.3 is 14.9 Å². The molecule has 3 atom stereocenters. The molecule has 0 aromatic carbocycles. The van der Waals surface area contributed by atoms with E-state index in [0.717, 1.165) is 0 Å². The molecular weight excluding hydrogens is 252 g/mol. The Morgan fingerprint density at radius 3 is 2.89 bits per heavy atom. The number of ether oxygens (including phenoxy) is 1. The molecule has 104 valence electrons. The molecule has 1 aromatic rings. The van der Waals surface area contributed by atoms with Crippen LogP contribution in [0.2, 0.25) is 0 Å². The van der Waals surface area contributed by atoms with Crippen molar-refractivity contribution in [2.45, 2.75) is 31.3 Å². The second kappa shape index (κ2) is 5.12. The molecule has 1 fully saturated rings. The lowest BCUT2D eigenvalue weighted by atomic mass is 10.1. The minimum atomic E-state index is -1.19. The Labute approximate surface area is 108 Å². The van der Waals surface area contributed by atoms with E-state index in [-0.39, 0.29) is 13.0 Å². The Balaban J connectivity index is 2.52. The summed E-state index contributed by atoms with van der Waals surface area (Å²) < 4.78 is 6.81. The van der Waals surface area contributed by atoms with Gasteiger partial charge in [-0.25, -0.2) is 4.79 Å². The highest BCUT2D eigenvalue weighted by atomic mass is 16.6. The number of hydrogen-bond donors (Lipinski definition) is 3. The molecule has 0 spiro atoms. The first-order valence-corrected chi connectivity index (χ1v) is 5.95.